The summed E-state index contributed by atoms with van der Waals surface area (Å²) in [6.45, 7) is 6.16. The van der Waals surface area contributed by atoms with Gasteiger partial charge in [0.2, 0.25) is 12.7 Å². The van der Waals surface area contributed by atoms with Gasteiger partial charge in [-0.25, -0.2) is 4.98 Å². The quantitative estimate of drug-likeness (QED) is 0.893. The van der Waals surface area contributed by atoms with Crippen LogP contribution in [0.3, 0.4) is 0 Å². The van der Waals surface area contributed by atoms with E-state index in [1.807, 2.05) is 24.3 Å². The third-order valence-electron chi connectivity index (χ3n) is 4.33. The third kappa shape index (κ3) is 3.61. The summed E-state index contributed by atoms with van der Waals surface area (Å²) < 4.78 is 16.2. The highest BCUT2D eigenvalue weighted by Gasteiger charge is 2.16. The second-order valence-corrected chi connectivity index (χ2v) is 6.04. The number of nitrogens with one attached hydrogen (secondary N) is 1. The summed E-state index contributed by atoms with van der Waals surface area (Å²) in [4.78, 5) is 11.5. The van der Waals surface area contributed by atoms with Gasteiger partial charge < -0.3 is 24.4 Å². The van der Waals surface area contributed by atoms with Crippen LogP contribution < -0.4 is 19.7 Å². The minimum atomic E-state index is 0.293. The van der Waals surface area contributed by atoms with Gasteiger partial charge in [0.05, 0.1) is 13.2 Å². The zero-order valence-corrected chi connectivity index (χ0v) is 14.3. The summed E-state index contributed by atoms with van der Waals surface area (Å²) in [5.41, 5.74) is 2.15. The van der Waals surface area contributed by atoms with Crippen molar-refractivity contribution in [2.24, 2.45) is 0 Å². The molecule has 25 heavy (non-hydrogen) atoms. The normalized spacial score (nSPS) is 16.1. The molecule has 0 aliphatic carbocycles. The van der Waals surface area contributed by atoms with E-state index in [1.165, 1.54) is 0 Å². The highest BCUT2D eigenvalue weighted by atomic mass is 16.7. The van der Waals surface area contributed by atoms with Gasteiger partial charge in [-0.05, 0) is 24.1 Å². The lowest BCUT2D eigenvalue weighted by Gasteiger charge is -2.27. The van der Waals surface area contributed by atoms with E-state index in [9.17, 15) is 0 Å². The molecule has 1 aromatic carbocycles. The van der Waals surface area contributed by atoms with Crippen molar-refractivity contribution in [3.05, 3.63) is 35.5 Å². The lowest BCUT2D eigenvalue weighted by atomic mass is 10.2. The number of hydrogen-bond acceptors (Lipinski definition) is 7. The minimum Gasteiger partial charge on any atom is -0.454 e. The molecular weight excluding hydrogens is 320 g/mol. The maximum atomic E-state index is 5.43. The maximum Gasteiger partial charge on any atom is 0.231 e. The van der Waals surface area contributed by atoms with Gasteiger partial charge >= 0.3 is 0 Å². The number of rotatable bonds is 5. The van der Waals surface area contributed by atoms with Crippen molar-refractivity contribution in [1.29, 1.82) is 0 Å². The first-order valence-corrected chi connectivity index (χ1v) is 8.65. The summed E-state index contributed by atoms with van der Waals surface area (Å²) in [5, 5.41) is 3.40. The number of aromatic nitrogens is 2. The van der Waals surface area contributed by atoms with Gasteiger partial charge in [0, 0.05) is 31.4 Å². The Balaban J connectivity index is 1.49. The molecule has 7 nitrogen and oxygen atoms in total. The van der Waals surface area contributed by atoms with Gasteiger partial charge in [-0.2, -0.15) is 4.98 Å². The summed E-state index contributed by atoms with van der Waals surface area (Å²) in [5.74, 6) is 3.21. The average Bonchev–Trinajstić information content (AvgIpc) is 3.14. The fourth-order valence-electron chi connectivity index (χ4n) is 2.90. The molecule has 0 atom stereocenters. The first-order valence-electron chi connectivity index (χ1n) is 8.65. The van der Waals surface area contributed by atoms with Crippen LogP contribution in [0.25, 0.3) is 0 Å². The number of benzene rings is 1. The van der Waals surface area contributed by atoms with E-state index >= 15 is 0 Å². The second kappa shape index (κ2) is 7.14. The number of morpholine rings is 1. The van der Waals surface area contributed by atoms with Crippen LogP contribution in [0.15, 0.2) is 24.3 Å². The molecular formula is C18H22N4O3. The van der Waals surface area contributed by atoms with Crippen LogP contribution in [-0.2, 0) is 17.7 Å². The number of hydrogen-bond donors (Lipinski definition) is 1. The Morgan fingerprint density at radius 1 is 1.08 bits per heavy atom. The van der Waals surface area contributed by atoms with Crippen LogP contribution in [0.1, 0.15) is 18.2 Å². The molecule has 0 bridgehead atoms. The molecule has 3 heterocycles. The standard InChI is InChI=1S/C18H22N4O3/c1-2-14-10-17(21-18(20-14)22-5-7-23-8-6-22)19-11-13-3-4-15-16(9-13)25-12-24-15/h3-4,9-10H,2,5-8,11-12H2,1H3,(H,19,20,21). The smallest absolute Gasteiger partial charge is 0.231 e. The van der Waals surface area contributed by atoms with E-state index in [0.717, 1.165) is 67.2 Å². The summed E-state index contributed by atoms with van der Waals surface area (Å²) in [6, 6.07) is 7.98. The van der Waals surface area contributed by atoms with E-state index in [4.69, 9.17) is 14.2 Å². The van der Waals surface area contributed by atoms with Crippen LogP contribution in [0.4, 0.5) is 11.8 Å². The molecule has 0 unspecified atom stereocenters. The minimum absolute atomic E-state index is 0.293. The molecule has 0 amide bonds. The fourth-order valence-corrected chi connectivity index (χ4v) is 2.90. The molecule has 4 rings (SSSR count). The highest BCUT2D eigenvalue weighted by molar-refractivity contribution is 5.47. The maximum absolute atomic E-state index is 5.43. The molecule has 7 heteroatoms. The molecule has 2 aliphatic heterocycles. The topological polar surface area (TPSA) is 68.7 Å². The van der Waals surface area contributed by atoms with Crippen molar-refractivity contribution in [2.45, 2.75) is 19.9 Å². The summed E-state index contributed by atoms with van der Waals surface area (Å²) >= 11 is 0. The van der Waals surface area contributed by atoms with Crippen LogP contribution in [0, 0.1) is 0 Å². The molecule has 0 spiro atoms. The molecule has 0 saturated carbocycles. The van der Waals surface area contributed by atoms with Crippen LogP contribution in [-0.4, -0.2) is 43.1 Å². The number of aryl methyl sites for hydroxylation is 1. The van der Waals surface area contributed by atoms with Gasteiger partial charge in [-0.15, -0.1) is 0 Å². The summed E-state index contributed by atoms with van der Waals surface area (Å²) in [6.07, 6.45) is 0.874. The zero-order valence-electron chi connectivity index (χ0n) is 14.3. The van der Waals surface area contributed by atoms with Crippen molar-refractivity contribution in [3.8, 4) is 11.5 Å². The van der Waals surface area contributed by atoms with Crippen molar-refractivity contribution < 1.29 is 14.2 Å². The van der Waals surface area contributed by atoms with E-state index in [2.05, 4.69) is 27.1 Å². The predicted molar refractivity (Wildman–Crippen MR) is 94.3 cm³/mol. The van der Waals surface area contributed by atoms with Crippen molar-refractivity contribution in [2.75, 3.05) is 43.3 Å². The molecule has 132 valence electrons. The van der Waals surface area contributed by atoms with Gasteiger partial charge in [-0.1, -0.05) is 13.0 Å². The predicted octanol–water partition coefficient (Wildman–Crippen LogP) is 2.22. The number of ether oxygens (including phenoxy) is 3. The molecule has 1 N–H and O–H groups in total. The first-order chi connectivity index (χ1) is 12.3. The molecule has 1 fully saturated rings. The molecule has 2 aromatic rings. The SMILES string of the molecule is CCc1cc(NCc2ccc3c(c2)OCO3)nc(N2CCOCC2)n1. The lowest BCUT2D eigenvalue weighted by molar-refractivity contribution is 0.122. The highest BCUT2D eigenvalue weighted by Crippen LogP contribution is 2.32. The number of anilines is 2. The molecule has 2 aliphatic rings. The van der Waals surface area contributed by atoms with Gasteiger partial charge in [-0.3, -0.25) is 0 Å². The molecule has 0 radical (unpaired) electrons. The zero-order chi connectivity index (χ0) is 17.1. The second-order valence-electron chi connectivity index (χ2n) is 6.04. The van der Waals surface area contributed by atoms with Gasteiger partial charge in [0.15, 0.2) is 11.5 Å². The van der Waals surface area contributed by atoms with Crippen LogP contribution >= 0.6 is 0 Å². The molecule has 1 saturated heterocycles. The molecule has 1 aromatic heterocycles. The van der Waals surface area contributed by atoms with E-state index in [-0.39, 0.29) is 0 Å². The van der Waals surface area contributed by atoms with E-state index in [0.29, 0.717) is 13.3 Å². The fraction of sp³-hybridized carbons (Fsp3) is 0.444. The Morgan fingerprint density at radius 3 is 2.76 bits per heavy atom. The largest absolute Gasteiger partial charge is 0.454 e. The van der Waals surface area contributed by atoms with E-state index < -0.39 is 0 Å². The number of fused-ring (bicyclic) bond motifs is 1. The van der Waals surface area contributed by atoms with Gasteiger partial charge in [0.1, 0.15) is 5.82 Å². The third-order valence-corrected chi connectivity index (χ3v) is 4.33. The Hall–Kier alpha value is -2.54. The van der Waals surface area contributed by atoms with Crippen LogP contribution in [0.5, 0.6) is 11.5 Å². The lowest BCUT2D eigenvalue weighted by Crippen LogP contribution is -2.37. The Morgan fingerprint density at radius 2 is 1.92 bits per heavy atom. The van der Waals surface area contributed by atoms with E-state index in [1.54, 1.807) is 0 Å². The monoisotopic (exact) mass is 342 g/mol. The van der Waals surface area contributed by atoms with Gasteiger partial charge in [0.25, 0.3) is 0 Å². The Labute approximate surface area is 146 Å². The first kappa shape index (κ1) is 16.0. The van der Waals surface area contributed by atoms with Crippen molar-refractivity contribution in [3.63, 3.8) is 0 Å². The number of nitrogens with zero attached hydrogens (tertiary/aromatic N) is 3. The Kier molecular flexibility index (Phi) is 4.56. The van der Waals surface area contributed by atoms with Crippen LogP contribution in [0.2, 0.25) is 0 Å². The Bertz CT molecular complexity index is 747. The van der Waals surface area contributed by atoms with Crippen molar-refractivity contribution in [1.82, 2.24) is 9.97 Å². The van der Waals surface area contributed by atoms with Crippen molar-refractivity contribution >= 4 is 11.8 Å². The summed E-state index contributed by atoms with van der Waals surface area (Å²) in [7, 11) is 0. The average molecular weight is 342 g/mol.